The molecule has 0 saturated heterocycles. The van der Waals surface area contributed by atoms with E-state index < -0.39 is 11.0 Å². The number of nitrogens with zero attached hydrogens (tertiary/aromatic N) is 2. The second kappa shape index (κ2) is 11.6. The molecule has 0 aromatic heterocycles. The van der Waals surface area contributed by atoms with Gasteiger partial charge in [-0.25, -0.2) is 10.2 Å². The summed E-state index contributed by atoms with van der Waals surface area (Å²) in [6, 6.07) is 8.88. The van der Waals surface area contributed by atoms with Gasteiger partial charge in [-0.05, 0) is 30.7 Å². The van der Waals surface area contributed by atoms with Gasteiger partial charge in [-0.2, -0.15) is 5.10 Å². The Morgan fingerprint density at radius 2 is 2.10 bits per heavy atom. The highest BCUT2D eigenvalue weighted by atomic mass is 35.5. The Morgan fingerprint density at radius 1 is 1.30 bits per heavy atom. The number of hydrogen-bond donors (Lipinski definition) is 2. The number of nitrogens with one attached hydrogen (secondary N) is 2. The summed E-state index contributed by atoms with van der Waals surface area (Å²) in [6.07, 6.45) is 4.03. The number of urea groups is 1. The van der Waals surface area contributed by atoms with Crippen molar-refractivity contribution in [1.29, 1.82) is 0 Å². The Balaban J connectivity index is 2.09. The number of nitro groups is 1. The molecule has 2 aromatic carbocycles. The fraction of sp³-hybridized carbons (Fsp3) is 0.300. The van der Waals surface area contributed by atoms with Crippen molar-refractivity contribution in [2.75, 3.05) is 19.0 Å². The number of carbonyl (C=O) groups is 1. The first-order chi connectivity index (χ1) is 14.4. The van der Waals surface area contributed by atoms with Gasteiger partial charge in [0.1, 0.15) is 0 Å². The van der Waals surface area contributed by atoms with Crippen molar-refractivity contribution in [2.24, 2.45) is 5.10 Å². The van der Waals surface area contributed by atoms with E-state index in [0.29, 0.717) is 22.9 Å². The molecule has 160 valence electrons. The lowest BCUT2D eigenvalue weighted by molar-refractivity contribution is -0.386. The molecule has 0 spiro atoms. The van der Waals surface area contributed by atoms with E-state index in [4.69, 9.17) is 21.1 Å². The van der Waals surface area contributed by atoms with E-state index in [1.54, 1.807) is 30.3 Å². The highest BCUT2D eigenvalue weighted by molar-refractivity contribution is 6.30. The van der Waals surface area contributed by atoms with Crippen LogP contribution in [-0.4, -0.2) is 30.9 Å². The van der Waals surface area contributed by atoms with Gasteiger partial charge in [0.05, 0.1) is 24.9 Å². The summed E-state index contributed by atoms with van der Waals surface area (Å²) in [5.41, 5.74) is 2.90. The molecule has 0 heterocycles. The van der Waals surface area contributed by atoms with Gasteiger partial charge in [0.25, 0.3) is 0 Å². The first-order valence-corrected chi connectivity index (χ1v) is 9.67. The first kappa shape index (κ1) is 23.0. The maximum Gasteiger partial charge on any atom is 0.339 e. The maximum atomic E-state index is 11.9. The molecule has 0 atom stereocenters. The number of benzene rings is 2. The van der Waals surface area contributed by atoms with Crippen LogP contribution in [0.5, 0.6) is 11.5 Å². The average Bonchev–Trinajstić information content (AvgIpc) is 2.71. The van der Waals surface area contributed by atoms with E-state index in [1.807, 2.05) is 0 Å². The van der Waals surface area contributed by atoms with Gasteiger partial charge < -0.3 is 14.8 Å². The molecule has 2 N–H and O–H groups in total. The summed E-state index contributed by atoms with van der Waals surface area (Å²) in [7, 11) is 1.40. The Kier molecular flexibility index (Phi) is 8.89. The van der Waals surface area contributed by atoms with Crippen molar-refractivity contribution in [2.45, 2.75) is 26.2 Å². The van der Waals surface area contributed by atoms with Crippen LogP contribution in [0.1, 0.15) is 31.7 Å². The number of ether oxygens (including phenoxy) is 2. The number of halogens is 1. The van der Waals surface area contributed by atoms with Gasteiger partial charge in [-0.1, -0.05) is 37.4 Å². The zero-order chi connectivity index (χ0) is 21.9. The number of methoxy groups -OCH3 is 1. The normalized spacial score (nSPS) is 10.6. The predicted octanol–water partition coefficient (Wildman–Crippen LogP) is 4.98. The largest absolute Gasteiger partial charge is 0.493 e. The molecule has 2 amide bonds. The van der Waals surface area contributed by atoms with Crippen molar-refractivity contribution in [1.82, 2.24) is 5.43 Å². The van der Waals surface area contributed by atoms with Crippen molar-refractivity contribution in [3.05, 3.63) is 57.1 Å². The summed E-state index contributed by atoms with van der Waals surface area (Å²) < 4.78 is 10.8. The minimum atomic E-state index is -0.592. The van der Waals surface area contributed by atoms with Gasteiger partial charge in [0.2, 0.25) is 5.75 Å². The fourth-order valence-electron chi connectivity index (χ4n) is 2.53. The molecular formula is C20H23ClN4O5. The number of nitro benzene ring substituents is 1. The second-order valence-corrected chi connectivity index (χ2v) is 6.66. The Morgan fingerprint density at radius 3 is 2.77 bits per heavy atom. The SMILES string of the molecule is CCCCCOc1c(OC)cc(/C=N\NC(=O)Nc2cccc(Cl)c2)cc1[N+](=O)[O-]. The number of amides is 2. The molecule has 0 aliphatic rings. The van der Waals surface area contributed by atoms with Crippen molar-refractivity contribution >= 4 is 35.2 Å². The zero-order valence-electron chi connectivity index (χ0n) is 16.7. The summed E-state index contributed by atoms with van der Waals surface area (Å²) in [4.78, 5) is 22.8. The Bertz CT molecular complexity index is 920. The van der Waals surface area contributed by atoms with Gasteiger partial charge in [0, 0.05) is 22.3 Å². The molecule has 9 nitrogen and oxygen atoms in total. The third-order valence-corrected chi connectivity index (χ3v) is 4.17. The van der Waals surface area contributed by atoms with Crippen LogP contribution in [0.25, 0.3) is 0 Å². The number of anilines is 1. The molecule has 10 heteroatoms. The number of hydrazone groups is 1. The standard InChI is InChI=1S/C20H23ClN4O5/c1-3-4-5-9-30-19-17(25(27)28)10-14(11-18(19)29-2)13-22-24-20(26)23-16-8-6-7-15(21)12-16/h6-8,10-13H,3-5,9H2,1-2H3,(H2,23,24,26)/b22-13-. The molecule has 30 heavy (non-hydrogen) atoms. The van der Waals surface area contributed by atoms with Crippen LogP contribution < -0.4 is 20.2 Å². The van der Waals surface area contributed by atoms with Crippen molar-refractivity contribution < 1.29 is 19.2 Å². The van der Waals surface area contributed by atoms with Crippen LogP contribution in [0, 0.1) is 10.1 Å². The molecule has 0 aliphatic carbocycles. The third-order valence-electron chi connectivity index (χ3n) is 3.93. The first-order valence-electron chi connectivity index (χ1n) is 9.29. The lowest BCUT2D eigenvalue weighted by Gasteiger charge is -2.11. The highest BCUT2D eigenvalue weighted by Gasteiger charge is 2.22. The third kappa shape index (κ3) is 6.93. The smallest absolute Gasteiger partial charge is 0.339 e. The molecular weight excluding hydrogens is 412 g/mol. The zero-order valence-corrected chi connectivity index (χ0v) is 17.4. The molecule has 0 fully saturated rings. The van der Waals surface area contributed by atoms with Crippen LogP contribution >= 0.6 is 11.6 Å². The molecule has 2 rings (SSSR count). The van der Waals surface area contributed by atoms with Gasteiger partial charge in [0.15, 0.2) is 5.75 Å². The molecule has 0 aliphatic heterocycles. The predicted molar refractivity (Wildman–Crippen MR) is 116 cm³/mol. The fourth-order valence-corrected chi connectivity index (χ4v) is 2.72. The Labute approximate surface area is 179 Å². The number of hydrogen-bond acceptors (Lipinski definition) is 6. The molecule has 2 aromatic rings. The molecule has 0 bridgehead atoms. The van der Waals surface area contributed by atoms with Gasteiger partial charge >= 0.3 is 11.7 Å². The number of carbonyl (C=O) groups excluding carboxylic acids is 1. The minimum Gasteiger partial charge on any atom is -0.493 e. The lowest BCUT2D eigenvalue weighted by atomic mass is 10.2. The van der Waals surface area contributed by atoms with E-state index >= 15 is 0 Å². The summed E-state index contributed by atoms with van der Waals surface area (Å²) in [5.74, 6) is 0.285. The van der Waals surface area contributed by atoms with Gasteiger partial charge in [-0.15, -0.1) is 0 Å². The van der Waals surface area contributed by atoms with Crippen LogP contribution in [0.3, 0.4) is 0 Å². The van der Waals surface area contributed by atoms with Crippen molar-refractivity contribution in [3.63, 3.8) is 0 Å². The lowest BCUT2D eigenvalue weighted by Crippen LogP contribution is -2.24. The van der Waals surface area contributed by atoms with Crippen LogP contribution in [0.2, 0.25) is 5.02 Å². The van der Waals surface area contributed by atoms with E-state index in [0.717, 1.165) is 19.3 Å². The van der Waals surface area contributed by atoms with Crippen LogP contribution in [-0.2, 0) is 0 Å². The summed E-state index contributed by atoms with van der Waals surface area (Å²) in [5, 5.41) is 18.3. The molecule has 0 unspecified atom stereocenters. The van der Waals surface area contributed by atoms with Crippen LogP contribution in [0.4, 0.5) is 16.2 Å². The molecule has 0 radical (unpaired) electrons. The number of unbranched alkanes of at least 4 members (excludes halogenated alkanes) is 2. The average molecular weight is 435 g/mol. The minimum absolute atomic E-state index is 0.0717. The topological polar surface area (TPSA) is 115 Å². The number of rotatable bonds is 10. The summed E-state index contributed by atoms with van der Waals surface area (Å²) in [6.45, 7) is 2.41. The maximum absolute atomic E-state index is 11.9. The highest BCUT2D eigenvalue weighted by Crippen LogP contribution is 2.38. The summed E-state index contributed by atoms with van der Waals surface area (Å²) >= 11 is 5.86. The second-order valence-electron chi connectivity index (χ2n) is 6.22. The van der Waals surface area contributed by atoms with E-state index in [2.05, 4.69) is 22.8 Å². The van der Waals surface area contributed by atoms with Crippen molar-refractivity contribution in [3.8, 4) is 11.5 Å². The molecule has 0 saturated carbocycles. The van der Waals surface area contributed by atoms with Crippen LogP contribution in [0.15, 0.2) is 41.5 Å². The van der Waals surface area contributed by atoms with Gasteiger partial charge in [-0.3, -0.25) is 10.1 Å². The Hall–Kier alpha value is -3.33. The quantitative estimate of drug-likeness (QED) is 0.237. The van der Waals surface area contributed by atoms with E-state index in [1.165, 1.54) is 19.4 Å². The monoisotopic (exact) mass is 434 g/mol. The van der Waals surface area contributed by atoms with E-state index in [-0.39, 0.29) is 17.2 Å². The van der Waals surface area contributed by atoms with E-state index in [9.17, 15) is 14.9 Å².